The van der Waals surface area contributed by atoms with Crippen LogP contribution in [0.4, 0.5) is 0 Å². The highest BCUT2D eigenvalue weighted by Gasteiger charge is 2.19. The van der Waals surface area contributed by atoms with Crippen LogP contribution in [0.2, 0.25) is 0 Å². The molecule has 74 heavy (non-hydrogen) atoms. The second kappa shape index (κ2) is 62.1. The molecule has 0 radical (unpaired) electrons. The molecule has 0 heterocycles. The second-order valence-corrected chi connectivity index (χ2v) is 21.0. The van der Waals surface area contributed by atoms with Gasteiger partial charge in [0.1, 0.15) is 13.2 Å². The first-order valence-electron chi connectivity index (χ1n) is 31.6. The van der Waals surface area contributed by atoms with Gasteiger partial charge in [-0.25, -0.2) is 0 Å². The maximum absolute atomic E-state index is 12.9. The summed E-state index contributed by atoms with van der Waals surface area (Å²) in [5.74, 6) is -0.874. The molecule has 0 saturated heterocycles. The standard InChI is InChI=1S/C68H118O6/c1-4-7-10-13-16-19-22-24-26-28-29-30-31-32-33-34-35-36-37-38-39-40-42-43-46-49-52-55-58-61-67(70)73-64-65(63-72-66(69)60-57-54-51-48-45-21-18-15-12-9-6-3)74-68(71)62-59-56-53-50-47-44-41-27-25-23-20-17-14-11-8-5-2/h7,10,16,19,24,26,29-30,32-33,35-36,38-39,65H,4-6,8-9,11-15,17-18,20-23,25,27-28,31,34,37,40-64H2,1-3H3/b10-7-,19-16-,26-24-,30-29-,33-32-,36-35-,39-38-. The molecule has 0 bridgehead atoms. The molecule has 0 N–H and O–H groups in total. The Bertz CT molecular complexity index is 1420. The highest BCUT2D eigenvalue weighted by molar-refractivity contribution is 5.71. The van der Waals surface area contributed by atoms with Crippen LogP contribution in [0.1, 0.15) is 310 Å². The number of esters is 3. The zero-order chi connectivity index (χ0) is 53.6. The largest absolute Gasteiger partial charge is 0.462 e. The van der Waals surface area contributed by atoms with Gasteiger partial charge < -0.3 is 14.2 Å². The van der Waals surface area contributed by atoms with Crippen molar-refractivity contribution in [3.05, 3.63) is 85.1 Å². The number of rotatable bonds is 57. The second-order valence-electron chi connectivity index (χ2n) is 21.0. The third-order valence-corrected chi connectivity index (χ3v) is 13.7. The smallest absolute Gasteiger partial charge is 0.306 e. The van der Waals surface area contributed by atoms with Crippen LogP contribution in [0, 0.1) is 0 Å². The number of ether oxygens (including phenoxy) is 3. The molecule has 0 spiro atoms. The summed E-state index contributed by atoms with van der Waals surface area (Å²) < 4.78 is 16.9. The van der Waals surface area contributed by atoms with Gasteiger partial charge in [-0.1, -0.05) is 298 Å². The summed E-state index contributed by atoms with van der Waals surface area (Å²) in [5, 5.41) is 0. The van der Waals surface area contributed by atoms with Crippen LogP contribution < -0.4 is 0 Å². The van der Waals surface area contributed by atoms with Crippen LogP contribution in [0.5, 0.6) is 0 Å². The molecular formula is C68H118O6. The summed E-state index contributed by atoms with van der Waals surface area (Å²) in [6.07, 6.45) is 81.6. The quantitative estimate of drug-likeness (QED) is 0.0261. The summed E-state index contributed by atoms with van der Waals surface area (Å²) in [6, 6.07) is 0. The van der Waals surface area contributed by atoms with Gasteiger partial charge in [-0.15, -0.1) is 0 Å². The highest BCUT2D eigenvalue weighted by Crippen LogP contribution is 2.17. The Morgan fingerprint density at radius 3 is 0.824 bits per heavy atom. The molecule has 0 aliphatic rings. The molecule has 0 aliphatic carbocycles. The summed E-state index contributed by atoms with van der Waals surface area (Å²) in [4.78, 5) is 38.2. The van der Waals surface area contributed by atoms with E-state index in [0.717, 1.165) is 109 Å². The Balaban J connectivity index is 4.26. The number of carbonyl (C=O) groups excluding carboxylic acids is 3. The van der Waals surface area contributed by atoms with Gasteiger partial charge in [0.15, 0.2) is 6.10 Å². The Morgan fingerprint density at radius 2 is 0.527 bits per heavy atom. The SMILES string of the molecule is CC/C=C\C/C=C\C/C=C\C/C=C\C/C=C\C/C=C\C/C=C\CCCCCCCCCC(=O)OCC(COC(=O)CCCCCCCCCCCCC)OC(=O)CCCCCCCCCCCCCCCCCC. The van der Waals surface area contributed by atoms with Crippen molar-refractivity contribution in [1.82, 2.24) is 0 Å². The molecule has 1 atom stereocenters. The molecule has 0 aromatic rings. The van der Waals surface area contributed by atoms with E-state index in [-0.39, 0.29) is 31.1 Å². The van der Waals surface area contributed by atoms with Gasteiger partial charge in [0.05, 0.1) is 0 Å². The minimum Gasteiger partial charge on any atom is -0.462 e. The molecular weight excluding hydrogens is 913 g/mol. The zero-order valence-corrected chi connectivity index (χ0v) is 48.8. The fourth-order valence-corrected chi connectivity index (χ4v) is 8.95. The molecule has 6 heteroatoms. The van der Waals surface area contributed by atoms with Crippen LogP contribution in [-0.4, -0.2) is 37.2 Å². The van der Waals surface area contributed by atoms with Crippen molar-refractivity contribution >= 4 is 17.9 Å². The topological polar surface area (TPSA) is 78.9 Å². The zero-order valence-electron chi connectivity index (χ0n) is 48.8. The maximum Gasteiger partial charge on any atom is 0.306 e. The predicted molar refractivity (Wildman–Crippen MR) is 321 cm³/mol. The first-order valence-corrected chi connectivity index (χ1v) is 31.6. The normalized spacial score (nSPS) is 12.6. The monoisotopic (exact) mass is 1030 g/mol. The first-order chi connectivity index (χ1) is 36.5. The molecule has 0 rings (SSSR count). The Morgan fingerprint density at radius 1 is 0.284 bits per heavy atom. The van der Waals surface area contributed by atoms with Gasteiger partial charge in [-0.2, -0.15) is 0 Å². The van der Waals surface area contributed by atoms with Crippen molar-refractivity contribution in [3.63, 3.8) is 0 Å². The van der Waals surface area contributed by atoms with E-state index < -0.39 is 6.10 Å². The van der Waals surface area contributed by atoms with Crippen molar-refractivity contribution < 1.29 is 28.6 Å². The summed E-state index contributed by atoms with van der Waals surface area (Å²) >= 11 is 0. The van der Waals surface area contributed by atoms with Gasteiger partial charge >= 0.3 is 17.9 Å². The summed E-state index contributed by atoms with van der Waals surface area (Å²) in [7, 11) is 0. The Hall–Kier alpha value is -3.41. The average molecular weight is 1030 g/mol. The van der Waals surface area contributed by atoms with Crippen molar-refractivity contribution in [1.29, 1.82) is 0 Å². The average Bonchev–Trinajstić information content (AvgIpc) is 3.40. The van der Waals surface area contributed by atoms with Crippen molar-refractivity contribution in [2.45, 2.75) is 316 Å². The molecule has 0 fully saturated rings. The predicted octanol–water partition coefficient (Wildman–Crippen LogP) is 21.5. The third kappa shape index (κ3) is 59.5. The van der Waals surface area contributed by atoms with Crippen LogP contribution >= 0.6 is 0 Å². The van der Waals surface area contributed by atoms with E-state index in [9.17, 15) is 14.4 Å². The maximum atomic E-state index is 12.9. The number of allylic oxidation sites excluding steroid dienone is 14. The van der Waals surface area contributed by atoms with E-state index in [1.165, 1.54) is 161 Å². The number of hydrogen-bond donors (Lipinski definition) is 0. The van der Waals surface area contributed by atoms with Crippen LogP contribution in [0.15, 0.2) is 85.1 Å². The van der Waals surface area contributed by atoms with E-state index in [1.807, 2.05) is 0 Å². The molecule has 426 valence electrons. The van der Waals surface area contributed by atoms with Gasteiger partial charge in [-0.3, -0.25) is 14.4 Å². The molecule has 0 aromatic heterocycles. The lowest BCUT2D eigenvalue weighted by Gasteiger charge is -2.18. The number of hydrogen-bond acceptors (Lipinski definition) is 6. The fourth-order valence-electron chi connectivity index (χ4n) is 8.95. The molecule has 6 nitrogen and oxygen atoms in total. The van der Waals surface area contributed by atoms with Crippen molar-refractivity contribution in [3.8, 4) is 0 Å². The van der Waals surface area contributed by atoms with Crippen molar-refractivity contribution in [2.24, 2.45) is 0 Å². The van der Waals surface area contributed by atoms with E-state index in [2.05, 4.69) is 106 Å². The minimum absolute atomic E-state index is 0.0753. The molecule has 0 aliphatic heterocycles. The van der Waals surface area contributed by atoms with Crippen molar-refractivity contribution in [2.75, 3.05) is 13.2 Å². The lowest BCUT2D eigenvalue weighted by atomic mass is 10.0. The van der Waals surface area contributed by atoms with E-state index in [4.69, 9.17) is 14.2 Å². The molecule has 0 aromatic carbocycles. The Labute approximate surface area is 458 Å². The molecule has 0 saturated carbocycles. The number of unbranched alkanes of at least 4 members (excludes halogenated alkanes) is 32. The van der Waals surface area contributed by atoms with Crippen LogP contribution in [0.25, 0.3) is 0 Å². The first kappa shape index (κ1) is 70.6. The molecule has 1 unspecified atom stereocenters. The fraction of sp³-hybridized carbons (Fsp3) is 0.750. The molecule has 0 amide bonds. The van der Waals surface area contributed by atoms with E-state index in [1.54, 1.807) is 0 Å². The van der Waals surface area contributed by atoms with Gasteiger partial charge in [0, 0.05) is 19.3 Å². The highest BCUT2D eigenvalue weighted by atomic mass is 16.6. The third-order valence-electron chi connectivity index (χ3n) is 13.7. The van der Waals surface area contributed by atoms with Crippen LogP contribution in [0.3, 0.4) is 0 Å². The number of carbonyl (C=O) groups is 3. The van der Waals surface area contributed by atoms with Gasteiger partial charge in [-0.05, 0) is 77.0 Å². The Kier molecular flexibility index (Phi) is 59.3. The lowest BCUT2D eigenvalue weighted by Crippen LogP contribution is -2.30. The van der Waals surface area contributed by atoms with E-state index in [0.29, 0.717) is 19.3 Å². The summed E-state index contributed by atoms with van der Waals surface area (Å²) in [5.41, 5.74) is 0. The van der Waals surface area contributed by atoms with Gasteiger partial charge in [0.2, 0.25) is 0 Å². The summed E-state index contributed by atoms with van der Waals surface area (Å²) in [6.45, 7) is 6.54. The van der Waals surface area contributed by atoms with E-state index >= 15 is 0 Å². The minimum atomic E-state index is -0.778. The van der Waals surface area contributed by atoms with Gasteiger partial charge in [0.25, 0.3) is 0 Å². The lowest BCUT2D eigenvalue weighted by molar-refractivity contribution is -0.167. The van der Waals surface area contributed by atoms with Crippen LogP contribution in [-0.2, 0) is 28.6 Å².